The van der Waals surface area contributed by atoms with E-state index >= 15 is 0 Å². The zero-order valence-electron chi connectivity index (χ0n) is 10.1. The van der Waals surface area contributed by atoms with Crippen LogP contribution in [-0.4, -0.2) is 40.9 Å². The Morgan fingerprint density at radius 1 is 1.32 bits per heavy atom. The normalized spacial score (nSPS) is 17.8. The Kier molecular flexibility index (Phi) is 3.50. The van der Waals surface area contributed by atoms with Gasteiger partial charge in [0.25, 0.3) is 5.91 Å². The van der Waals surface area contributed by atoms with Gasteiger partial charge in [0.05, 0.1) is 5.56 Å². The van der Waals surface area contributed by atoms with Crippen molar-refractivity contribution in [3.8, 4) is 0 Å². The van der Waals surface area contributed by atoms with Crippen LogP contribution in [0.4, 0.5) is 8.78 Å². The van der Waals surface area contributed by atoms with Crippen LogP contribution in [0.2, 0.25) is 0 Å². The van der Waals surface area contributed by atoms with Crippen molar-refractivity contribution in [2.24, 2.45) is 0 Å². The monoisotopic (exact) mass is 269 g/mol. The first-order chi connectivity index (χ1) is 8.90. The quantitative estimate of drug-likeness (QED) is 0.906. The highest BCUT2D eigenvalue weighted by molar-refractivity contribution is 5.87. The van der Waals surface area contributed by atoms with Crippen LogP contribution >= 0.6 is 0 Å². The lowest BCUT2D eigenvalue weighted by atomic mass is 10.1. The highest BCUT2D eigenvalue weighted by atomic mass is 19.3. The molecule has 1 N–H and O–H groups in total. The molecule has 0 atom stereocenters. The molecule has 1 amide bonds. The Morgan fingerprint density at radius 3 is 2.42 bits per heavy atom. The number of nitrogens with zero attached hydrogens (tertiary/aromatic N) is 1. The summed E-state index contributed by atoms with van der Waals surface area (Å²) in [5.74, 6) is -5.36. The molecule has 0 unspecified atom stereocenters. The Bertz CT molecular complexity index is 499. The number of carboxylic acids is 1. The Balaban J connectivity index is 1.93. The molecule has 0 aliphatic carbocycles. The van der Waals surface area contributed by atoms with Crippen LogP contribution in [0.25, 0.3) is 0 Å². The van der Waals surface area contributed by atoms with E-state index in [-0.39, 0.29) is 18.7 Å². The van der Waals surface area contributed by atoms with Crippen molar-refractivity contribution >= 4 is 11.9 Å². The molecule has 0 bridgehead atoms. The molecule has 1 aromatic carbocycles. The van der Waals surface area contributed by atoms with Gasteiger partial charge in [-0.05, 0) is 24.1 Å². The molecule has 4 nitrogen and oxygen atoms in total. The number of alkyl halides is 2. The molecule has 0 saturated carbocycles. The molecule has 0 aromatic heterocycles. The maximum absolute atomic E-state index is 13.0. The van der Waals surface area contributed by atoms with Gasteiger partial charge in [0, 0.05) is 19.5 Å². The number of hydrogen-bond acceptors (Lipinski definition) is 2. The highest BCUT2D eigenvalue weighted by Gasteiger charge is 2.47. The van der Waals surface area contributed by atoms with E-state index in [1.54, 1.807) is 12.1 Å². The van der Waals surface area contributed by atoms with Crippen LogP contribution in [0.5, 0.6) is 0 Å². The van der Waals surface area contributed by atoms with Gasteiger partial charge in [-0.1, -0.05) is 12.1 Å². The molecule has 2 rings (SSSR count). The molecule has 1 aliphatic rings. The second-order valence-electron chi connectivity index (χ2n) is 4.50. The number of amides is 1. The van der Waals surface area contributed by atoms with Crippen molar-refractivity contribution in [3.63, 3.8) is 0 Å². The van der Waals surface area contributed by atoms with Gasteiger partial charge in [0.2, 0.25) is 0 Å². The van der Waals surface area contributed by atoms with E-state index in [2.05, 4.69) is 0 Å². The van der Waals surface area contributed by atoms with Crippen LogP contribution in [0.1, 0.15) is 22.3 Å². The summed E-state index contributed by atoms with van der Waals surface area (Å²) >= 11 is 0. The van der Waals surface area contributed by atoms with Gasteiger partial charge in [0.1, 0.15) is 0 Å². The lowest BCUT2D eigenvalue weighted by Gasteiger charge is -2.15. The van der Waals surface area contributed by atoms with E-state index in [0.717, 1.165) is 10.5 Å². The average molecular weight is 269 g/mol. The number of rotatable bonds is 4. The van der Waals surface area contributed by atoms with Crippen LogP contribution in [0.3, 0.4) is 0 Å². The zero-order chi connectivity index (χ0) is 14.0. The molecule has 1 heterocycles. The first-order valence-electron chi connectivity index (χ1n) is 5.89. The van der Waals surface area contributed by atoms with Crippen molar-refractivity contribution < 1.29 is 23.5 Å². The van der Waals surface area contributed by atoms with E-state index < -0.39 is 24.2 Å². The van der Waals surface area contributed by atoms with Crippen molar-refractivity contribution in [3.05, 3.63) is 35.4 Å². The summed E-state index contributed by atoms with van der Waals surface area (Å²) in [6.07, 6.45) is 0.00546. The van der Waals surface area contributed by atoms with E-state index in [1.165, 1.54) is 12.1 Å². The maximum Gasteiger partial charge on any atom is 0.335 e. The van der Waals surface area contributed by atoms with Crippen LogP contribution in [0, 0.1) is 0 Å². The molecule has 19 heavy (non-hydrogen) atoms. The first-order valence-corrected chi connectivity index (χ1v) is 5.89. The van der Waals surface area contributed by atoms with Gasteiger partial charge in [-0.3, -0.25) is 4.79 Å². The fourth-order valence-corrected chi connectivity index (χ4v) is 2.01. The number of carbonyl (C=O) groups is 2. The lowest BCUT2D eigenvalue weighted by molar-refractivity contribution is -0.147. The molecular weight excluding hydrogens is 256 g/mol. The number of carboxylic acid groups (broad SMARTS) is 1. The molecule has 1 aromatic rings. The number of hydrogen-bond donors (Lipinski definition) is 1. The Labute approximate surface area is 108 Å². The fourth-order valence-electron chi connectivity index (χ4n) is 2.01. The molecule has 0 radical (unpaired) electrons. The van der Waals surface area contributed by atoms with Gasteiger partial charge in [-0.2, -0.15) is 8.78 Å². The fraction of sp³-hybridized carbons (Fsp3) is 0.385. The van der Waals surface area contributed by atoms with Crippen molar-refractivity contribution in [1.29, 1.82) is 0 Å². The molecule has 1 fully saturated rings. The molecule has 0 spiro atoms. The van der Waals surface area contributed by atoms with Gasteiger partial charge in [0.15, 0.2) is 0 Å². The smallest absolute Gasteiger partial charge is 0.335 e. The minimum Gasteiger partial charge on any atom is -0.478 e. The molecular formula is C13H13F2NO3. The third kappa shape index (κ3) is 2.89. The zero-order valence-corrected chi connectivity index (χ0v) is 10.1. The second-order valence-corrected chi connectivity index (χ2v) is 4.50. The number of carbonyl (C=O) groups excluding carboxylic acids is 1. The van der Waals surface area contributed by atoms with E-state index in [0.29, 0.717) is 6.42 Å². The Morgan fingerprint density at radius 2 is 1.95 bits per heavy atom. The number of aromatic carboxylic acids is 1. The summed E-state index contributed by atoms with van der Waals surface area (Å²) < 4.78 is 26.0. The third-order valence-electron chi connectivity index (χ3n) is 3.17. The average Bonchev–Trinajstić information content (AvgIpc) is 2.63. The van der Waals surface area contributed by atoms with E-state index in [1.807, 2.05) is 0 Å². The van der Waals surface area contributed by atoms with Crippen molar-refractivity contribution in [1.82, 2.24) is 4.90 Å². The Hall–Kier alpha value is -1.98. The summed E-state index contributed by atoms with van der Waals surface area (Å²) in [6.45, 7) is 0.292. The predicted molar refractivity (Wildman–Crippen MR) is 63.2 cm³/mol. The minimum absolute atomic E-state index is 0.0685. The highest BCUT2D eigenvalue weighted by Crippen LogP contribution is 2.28. The predicted octanol–water partition coefficient (Wildman–Crippen LogP) is 1.79. The third-order valence-corrected chi connectivity index (χ3v) is 3.17. The summed E-state index contributed by atoms with van der Waals surface area (Å²) in [4.78, 5) is 23.1. The van der Waals surface area contributed by atoms with Gasteiger partial charge in [-0.15, -0.1) is 0 Å². The second kappa shape index (κ2) is 4.95. The van der Waals surface area contributed by atoms with Crippen molar-refractivity contribution in [2.75, 3.05) is 13.1 Å². The van der Waals surface area contributed by atoms with E-state index in [4.69, 9.17) is 5.11 Å². The van der Waals surface area contributed by atoms with Gasteiger partial charge < -0.3 is 10.0 Å². The molecule has 1 saturated heterocycles. The lowest BCUT2D eigenvalue weighted by Crippen LogP contribution is -2.34. The van der Waals surface area contributed by atoms with Crippen LogP contribution < -0.4 is 0 Å². The topological polar surface area (TPSA) is 57.6 Å². The standard InChI is InChI=1S/C13H13F2NO3/c14-13(15)6-8-16(12(13)19)7-5-9-1-3-10(4-2-9)11(17)18/h1-4H,5-8H2,(H,17,18). The minimum atomic E-state index is -3.23. The van der Waals surface area contributed by atoms with E-state index in [9.17, 15) is 18.4 Å². The SMILES string of the molecule is O=C(O)c1ccc(CCN2CCC(F)(F)C2=O)cc1. The van der Waals surface area contributed by atoms with Crippen LogP contribution in [-0.2, 0) is 11.2 Å². The number of benzene rings is 1. The summed E-state index contributed by atoms with van der Waals surface area (Å²) in [7, 11) is 0. The summed E-state index contributed by atoms with van der Waals surface area (Å²) in [5.41, 5.74) is 0.987. The molecule has 6 heteroatoms. The molecule has 102 valence electrons. The maximum atomic E-state index is 13.0. The first kappa shape index (κ1) is 13.5. The number of likely N-dealkylation sites (tertiary alicyclic amines) is 1. The van der Waals surface area contributed by atoms with Crippen molar-refractivity contribution in [2.45, 2.75) is 18.8 Å². The van der Waals surface area contributed by atoms with Crippen LogP contribution in [0.15, 0.2) is 24.3 Å². The summed E-state index contributed by atoms with van der Waals surface area (Å²) in [6, 6.07) is 6.17. The summed E-state index contributed by atoms with van der Waals surface area (Å²) in [5, 5.41) is 8.73. The van der Waals surface area contributed by atoms with Gasteiger partial charge in [-0.25, -0.2) is 4.79 Å². The number of halogens is 2. The largest absolute Gasteiger partial charge is 0.478 e. The molecule has 1 aliphatic heterocycles. The van der Waals surface area contributed by atoms with Gasteiger partial charge >= 0.3 is 11.9 Å².